The Morgan fingerprint density at radius 1 is 1.67 bits per heavy atom. The van der Waals surface area contributed by atoms with Gasteiger partial charge in [0.2, 0.25) is 0 Å². The van der Waals surface area contributed by atoms with Gasteiger partial charge in [-0.2, -0.15) is 12.6 Å². The van der Waals surface area contributed by atoms with E-state index in [1.54, 1.807) is 0 Å². The molecule has 0 aromatic rings. The summed E-state index contributed by atoms with van der Waals surface area (Å²) in [7, 11) is 0. The number of unbranched alkanes of at least 4 members (excludes halogenated alkanes) is 1. The Hall–Kier alpha value is 0.700. The van der Waals surface area contributed by atoms with E-state index in [1.165, 1.54) is 0 Å². The van der Waals surface area contributed by atoms with Crippen LogP contribution in [0.4, 0.5) is 0 Å². The molecule has 36 valence electrons. The third kappa shape index (κ3) is 4.70. The predicted molar refractivity (Wildman–Crippen MR) is 35.0 cm³/mol. The summed E-state index contributed by atoms with van der Waals surface area (Å²) in [5.41, 5.74) is 0. The molecule has 0 unspecified atom stereocenters. The van der Waals surface area contributed by atoms with Gasteiger partial charge in [0.05, 0.1) is 0 Å². The molecule has 0 saturated carbocycles. The second kappa shape index (κ2) is 5.70. The molecule has 0 N–H and O–H groups in total. The Bertz CT molecular complexity index is 17.5. The van der Waals surface area contributed by atoms with Crippen molar-refractivity contribution in [3.8, 4) is 0 Å². The summed E-state index contributed by atoms with van der Waals surface area (Å²) in [6, 6.07) is 0. The standard InChI is InChI=1S/C4H8S2/c5-3-1-2-4-6/h3,5H,1-2,4H2. The van der Waals surface area contributed by atoms with Gasteiger partial charge in [-0.1, -0.05) is 12.6 Å². The van der Waals surface area contributed by atoms with Crippen molar-refractivity contribution in [2.24, 2.45) is 0 Å². The second-order valence-corrected chi connectivity index (χ2v) is 1.80. The average Bonchev–Trinajstić information content (AvgIpc) is 1.61. The summed E-state index contributed by atoms with van der Waals surface area (Å²) >= 11 is 8.55. The van der Waals surface area contributed by atoms with Gasteiger partial charge in [0.1, 0.15) is 0 Å². The molecule has 0 saturated heterocycles. The summed E-state index contributed by atoms with van der Waals surface area (Å²) < 4.78 is 0. The summed E-state index contributed by atoms with van der Waals surface area (Å²) in [5, 5.41) is 0. The normalized spacial score (nSPS) is 9.00. The van der Waals surface area contributed by atoms with Crippen LogP contribution in [0.15, 0.2) is 0 Å². The molecule has 0 rings (SSSR count). The largest absolute Gasteiger partial charge is 0.175 e. The van der Waals surface area contributed by atoms with Gasteiger partial charge in [-0.25, -0.2) is 0 Å². The molecule has 0 amide bonds. The highest BCUT2D eigenvalue weighted by molar-refractivity contribution is 7.82. The summed E-state index contributed by atoms with van der Waals surface area (Å²) in [6.07, 6.45) is 2.14. The lowest BCUT2D eigenvalue weighted by molar-refractivity contribution is 0.962. The smallest absolute Gasteiger partial charge is 0.0134 e. The van der Waals surface area contributed by atoms with Crippen molar-refractivity contribution in [3.63, 3.8) is 0 Å². The van der Waals surface area contributed by atoms with Crippen molar-refractivity contribution in [3.05, 3.63) is 5.75 Å². The van der Waals surface area contributed by atoms with Crippen LogP contribution < -0.4 is 0 Å². The molecular weight excluding hydrogens is 112 g/mol. The van der Waals surface area contributed by atoms with Crippen LogP contribution in [0, 0.1) is 5.75 Å². The van der Waals surface area contributed by atoms with Gasteiger partial charge in [-0.15, -0.1) is 0 Å². The molecule has 0 atom stereocenters. The maximum absolute atomic E-state index is 4.66. The molecule has 0 aliphatic carbocycles. The molecule has 6 heavy (non-hydrogen) atoms. The maximum Gasteiger partial charge on any atom is 0.0134 e. The van der Waals surface area contributed by atoms with Gasteiger partial charge in [0, 0.05) is 11.5 Å². The fourth-order valence-corrected chi connectivity index (χ4v) is 0.524. The third-order valence-corrected chi connectivity index (χ3v) is 1.02. The van der Waals surface area contributed by atoms with E-state index in [0.717, 1.165) is 18.6 Å². The first-order chi connectivity index (χ1) is 2.91. The Balaban J connectivity index is 2.34. The van der Waals surface area contributed by atoms with Crippen LogP contribution in [-0.2, 0) is 0 Å². The zero-order valence-corrected chi connectivity index (χ0v) is 5.27. The van der Waals surface area contributed by atoms with Crippen LogP contribution >= 0.6 is 25.3 Å². The molecule has 0 fully saturated rings. The Morgan fingerprint density at radius 2 is 2.33 bits per heavy atom. The third-order valence-electron chi connectivity index (χ3n) is 0.478. The van der Waals surface area contributed by atoms with E-state index < -0.39 is 0 Å². The van der Waals surface area contributed by atoms with E-state index in [0.29, 0.717) is 0 Å². The number of hydrogen-bond donors (Lipinski definition) is 1. The first kappa shape index (κ1) is 6.70. The minimum atomic E-state index is 0.858. The Labute approximate surface area is 50.1 Å². The van der Waals surface area contributed by atoms with Crippen molar-refractivity contribution < 1.29 is 0 Å². The van der Waals surface area contributed by atoms with Crippen LogP contribution in [0.5, 0.6) is 0 Å². The van der Waals surface area contributed by atoms with Crippen LogP contribution in [0.1, 0.15) is 12.8 Å². The monoisotopic (exact) mass is 120 g/mol. The fraction of sp³-hybridized carbons (Fsp3) is 0.750. The van der Waals surface area contributed by atoms with Crippen LogP contribution in [-0.4, -0.2) is 5.75 Å². The molecular formula is C4H8S2. The quantitative estimate of drug-likeness (QED) is 0.428. The SMILES string of the molecule is [S]CCC[CH]S. The molecule has 0 nitrogen and oxygen atoms in total. The topological polar surface area (TPSA) is 0 Å². The predicted octanol–water partition coefficient (Wildman–Crippen LogP) is 2.06. The summed E-state index contributed by atoms with van der Waals surface area (Å²) in [6.45, 7) is 0. The average molecular weight is 120 g/mol. The molecule has 0 aromatic heterocycles. The van der Waals surface area contributed by atoms with E-state index in [9.17, 15) is 0 Å². The van der Waals surface area contributed by atoms with Crippen LogP contribution in [0.25, 0.3) is 0 Å². The highest BCUT2D eigenvalue weighted by atomic mass is 32.1. The van der Waals surface area contributed by atoms with Gasteiger partial charge >= 0.3 is 0 Å². The van der Waals surface area contributed by atoms with Gasteiger partial charge in [0.25, 0.3) is 0 Å². The first-order valence-electron chi connectivity index (χ1n) is 1.96. The zero-order chi connectivity index (χ0) is 4.83. The van der Waals surface area contributed by atoms with E-state index in [1.807, 2.05) is 5.75 Å². The molecule has 2 heteroatoms. The highest BCUT2D eigenvalue weighted by Crippen LogP contribution is 1.96. The number of rotatable bonds is 3. The van der Waals surface area contributed by atoms with Gasteiger partial charge in [-0.3, -0.25) is 0 Å². The molecule has 2 radical (unpaired) electrons. The fourth-order valence-electron chi connectivity index (χ4n) is 0.175. The van der Waals surface area contributed by atoms with E-state index >= 15 is 0 Å². The Morgan fingerprint density at radius 3 is 2.50 bits per heavy atom. The lowest BCUT2D eigenvalue weighted by atomic mass is 10.4. The Kier molecular flexibility index (Phi) is 6.36. The van der Waals surface area contributed by atoms with Crippen molar-refractivity contribution in [1.82, 2.24) is 0 Å². The van der Waals surface area contributed by atoms with E-state index in [-0.39, 0.29) is 0 Å². The van der Waals surface area contributed by atoms with Crippen molar-refractivity contribution in [1.29, 1.82) is 0 Å². The lowest BCUT2D eigenvalue weighted by Crippen LogP contribution is -1.70. The molecule has 0 spiro atoms. The lowest BCUT2D eigenvalue weighted by Gasteiger charge is -1.84. The minimum absolute atomic E-state index is 0.858. The molecule has 0 aromatic carbocycles. The highest BCUT2D eigenvalue weighted by Gasteiger charge is 1.77. The molecule has 0 aliphatic heterocycles. The van der Waals surface area contributed by atoms with Gasteiger partial charge < -0.3 is 0 Å². The summed E-state index contributed by atoms with van der Waals surface area (Å²) in [4.78, 5) is 0. The maximum atomic E-state index is 4.66. The van der Waals surface area contributed by atoms with Crippen molar-refractivity contribution in [2.45, 2.75) is 12.8 Å². The van der Waals surface area contributed by atoms with E-state index in [4.69, 9.17) is 0 Å². The molecule has 0 bridgehead atoms. The number of thiol groups is 1. The summed E-state index contributed by atoms with van der Waals surface area (Å²) in [5.74, 6) is 2.70. The van der Waals surface area contributed by atoms with Crippen molar-refractivity contribution >= 4 is 25.3 Å². The van der Waals surface area contributed by atoms with Gasteiger partial charge in [0.15, 0.2) is 0 Å². The van der Waals surface area contributed by atoms with Crippen LogP contribution in [0.3, 0.4) is 0 Å². The first-order valence-corrected chi connectivity index (χ1v) is 3.05. The molecule has 0 aliphatic rings. The number of hydrogen-bond acceptors (Lipinski definition) is 1. The van der Waals surface area contributed by atoms with Crippen molar-refractivity contribution in [2.75, 3.05) is 5.75 Å². The van der Waals surface area contributed by atoms with E-state index in [2.05, 4.69) is 25.3 Å². The second-order valence-electron chi connectivity index (χ2n) is 1.03. The molecule has 0 heterocycles. The van der Waals surface area contributed by atoms with Crippen LogP contribution in [0.2, 0.25) is 0 Å². The minimum Gasteiger partial charge on any atom is -0.175 e. The van der Waals surface area contributed by atoms with Gasteiger partial charge in [-0.05, 0) is 12.8 Å². The zero-order valence-electron chi connectivity index (χ0n) is 3.55.